The first kappa shape index (κ1) is 12.8. The normalized spacial score (nSPS) is 11.1. The largest absolute Gasteiger partial charge is 0.505 e. The van der Waals surface area contributed by atoms with Crippen LogP contribution in [0.15, 0.2) is 36.4 Å². The average molecular weight is 288 g/mol. The third-order valence-electron chi connectivity index (χ3n) is 3.33. The summed E-state index contributed by atoms with van der Waals surface area (Å²) >= 11 is 6.05. The first-order valence-electron chi connectivity index (χ1n) is 6.35. The van der Waals surface area contributed by atoms with Gasteiger partial charge in [-0.2, -0.15) is 0 Å². The second-order valence-corrected chi connectivity index (χ2v) is 4.99. The molecule has 0 aliphatic carbocycles. The number of hydrogen-bond donors (Lipinski definition) is 2. The number of para-hydroxylation sites is 1. The summed E-state index contributed by atoms with van der Waals surface area (Å²) in [6.07, 6.45) is 0. The third-order valence-corrected chi connectivity index (χ3v) is 3.57. The van der Waals surface area contributed by atoms with Crippen LogP contribution in [-0.4, -0.2) is 14.7 Å². The molecule has 0 radical (unpaired) electrons. The molecule has 2 aromatic carbocycles. The van der Waals surface area contributed by atoms with Gasteiger partial charge in [0.2, 0.25) is 0 Å². The maximum Gasteiger partial charge on any atom is 0.149 e. The van der Waals surface area contributed by atoms with Gasteiger partial charge in [0.25, 0.3) is 0 Å². The van der Waals surface area contributed by atoms with Crippen LogP contribution in [0.3, 0.4) is 0 Å². The van der Waals surface area contributed by atoms with Gasteiger partial charge >= 0.3 is 0 Å². The maximum absolute atomic E-state index is 10.1. The molecule has 0 aliphatic rings. The highest BCUT2D eigenvalue weighted by Gasteiger charge is 2.15. The predicted molar refractivity (Wildman–Crippen MR) is 81.9 cm³/mol. The Bertz CT molecular complexity index is 795. The number of halogens is 1. The number of anilines is 1. The molecule has 0 fully saturated rings. The first-order valence-corrected chi connectivity index (χ1v) is 6.73. The molecule has 0 amide bonds. The lowest BCUT2D eigenvalue weighted by Gasteiger charge is -2.09. The maximum atomic E-state index is 10.1. The van der Waals surface area contributed by atoms with Crippen LogP contribution in [0, 0.1) is 0 Å². The second-order valence-electron chi connectivity index (χ2n) is 4.56. The molecule has 3 aromatic rings. The number of phenols is 1. The van der Waals surface area contributed by atoms with Crippen molar-refractivity contribution >= 4 is 28.3 Å². The third kappa shape index (κ3) is 1.89. The van der Waals surface area contributed by atoms with E-state index in [2.05, 4.69) is 4.98 Å². The quantitative estimate of drug-likeness (QED) is 0.558. The molecule has 0 atom stereocenters. The second kappa shape index (κ2) is 4.72. The summed E-state index contributed by atoms with van der Waals surface area (Å²) in [5, 5.41) is 10.8. The van der Waals surface area contributed by atoms with Crippen LogP contribution in [0.4, 0.5) is 5.69 Å². The summed E-state index contributed by atoms with van der Waals surface area (Å²) in [6.45, 7) is 2.75. The minimum atomic E-state index is 0.0589. The highest BCUT2D eigenvalue weighted by atomic mass is 35.5. The zero-order valence-electron chi connectivity index (χ0n) is 11.0. The van der Waals surface area contributed by atoms with Crippen molar-refractivity contribution in [3.63, 3.8) is 0 Å². The van der Waals surface area contributed by atoms with Crippen molar-refractivity contribution in [2.75, 3.05) is 5.73 Å². The van der Waals surface area contributed by atoms with E-state index in [0.717, 1.165) is 17.6 Å². The van der Waals surface area contributed by atoms with Gasteiger partial charge in [-0.3, -0.25) is 0 Å². The number of phenolic OH excluding ortho intramolecular Hbond substituents is 1. The Hall–Kier alpha value is -2.20. The van der Waals surface area contributed by atoms with Gasteiger partial charge in [-0.25, -0.2) is 4.98 Å². The molecule has 0 saturated heterocycles. The SMILES string of the molecule is CCn1c(-c2cccc(N)c2O)nc2ccc(Cl)cc21. The van der Waals surface area contributed by atoms with Crippen molar-refractivity contribution < 1.29 is 5.11 Å². The number of aromatic nitrogens is 2. The number of benzene rings is 2. The molecule has 102 valence electrons. The molecule has 1 heterocycles. The average Bonchev–Trinajstić information content (AvgIpc) is 2.79. The van der Waals surface area contributed by atoms with E-state index in [1.165, 1.54) is 0 Å². The summed E-state index contributed by atoms with van der Waals surface area (Å²) in [6, 6.07) is 10.8. The Morgan fingerprint density at radius 3 is 2.85 bits per heavy atom. The number of rotatable bonds is 2. The van der Waals surface area contributed by atoms with Crippen molar-refractivity contribution in [2.24, 2.45) is 0 Å². The fourth-order valence-corrected chi connectivity index (χ4v) is 2.53. The van der Waals surface area contributed by atoms with E-state index in [4.69, 9.17) is 17.3 Å². The Kier molecular flexibility index (Phi) is 3.03. The highest BCUT2D eigenvalue weighted by Crippen LogP contribution is 2.35. The lowest BCUT2D eigenvalue weighted by atomic mass is 10.1. The number of nitrogens with two attached hydrogens (primary N) is 1. The zero-order valence-corrected chi connectivity index (χ0v) is 11.7. The molecule has 4 nitrogen and oxygen atoms in total. The highest BCUT2D eigenvalue weighted by molar-refractivity contribution is 6.31. The smallest absolute Gasteiger partial charge is 0.149 e. The molecule has 0 saturated carbocycles. The molecule has 3 N–H and O–H groups in total. The van der Waals surface area contributed by atoms with Gasteiger partial charge in [0, 0.05) is 11.6 Å². The molecule has 1 aromatic heterocycles. The molecule has 3 rings (SSSR count). The predicted octanol–water partition coefficient (Wildman–Crippen LogP) is 3.66. The van der Waals surface area contributed by atoms with Gasteiger partial charge < -0.3 is 15.4 Å². The van der Waals surface area contributed by atoms with E-state index in [1.807, 2.05) is 23.6 Å². The molecule has 5 heteroatoms. The van der Waals surface area contributed by atoms with Crippen molar-refractivity contribution in [1.29, 1.82) is 0 Å². The topological polar surface area (TPSA) is 64.1 Å². The van der Waals surface area contributed by atoms with Gasteiger partial charge in [0.15, 0.2) is 0 Å². The fourth-order valence-electron chi connectivity index (χ4n) is 2.36. The van der Waals surface area contributed by atoms with E-state index in [1.54, 1.807) is 24.3 Å². The van der Waals surface area contributed by atoms with E-state index in [9.17, 15) is 5.11 Å². The molecule has 0 bridgehead atoms. The van der Waals surface area contributed by atoms with Crippen molar-refractivity contribution in [2.45, 2.75) is 13.5 Å². The number of aromatic hydroxyl groups is 1. The van der Waals surface area contributed by atoms with Crippen LogP contribution >= 0.6 is 11.6 Å². The summed E-state index contributed by atoms with van der Waals surface area (Å²) in [4.78, 5) is 4.59. The van der Waals surface area contributed by atoms with Crippen LogP contribution in [-0.2, 0) is 6.54 Å². The summed E-state index contributed by atoms with van der Waals surface area (Å²) in [7, 11) is 0. The molecule has 0 unspecified atom stereocenters. The number of fused-ring (bicyclic) bond motifs is 1. The Morgan fingerprint density at radius 2 is 2.10 bits per heavy atom. The van der Waals surface area contributed by atoms with Crippen LogP contribution in [0.2, 0.25) is 5.02 Å². The number of aryl methyl sites for hydroxylation is 1. The zero-order chi connectivity index (χ0) is 14.3. The number of nitrogens with zero attached hydrogens (tertiary/aromatic N) is 2. The van der Waals surface area contributed by atoms with Crippen LogP contribution in [0.25, 0.3) is 22.4 Å². The number of hydrogen-bond acceptors (Lipinski definition) is 3. The number of nitrogen functional groups attached to an aromatic ring is 1. The van der Waals surface area contributed by atoms with E-state index in [0.29, 0.717) is 22.1 Å². The van der Waals surface area contributed by atoms with Crippen LogP contribution in [0.1, 0.15) is 6.92 Å². The van der Waals surface area contributed by atoms with Gasteiger partial charge in [0.1, 0.15) is 11.6 Å². The van der Waals surface area contributed by atoms with E-state index in [-0.39, 0.29) is 5.75 Å². The van der Waals surface area contributed by atoms with Gasteiger partial charge in [-0.1, -0.05) is 17.7 Å². The van der Waals surface area contributed by atoms with Gasteiger partial charge in [-0.05, 0) is 37.3 Å². The van der Waals surface area contributed by atoms with Crippen molar-refractivity contribution in [3.05, 3.63) is 41.4 Å². The van der Waals surface area contributed by atoms with Crippen molar-refractivity contribution in [1.82, 2.24) is 9.55 Å². The lowest BCUT2D eigenvalue weighted by molar-refractivity contribution is 0.479. The van der Waals surface area contributed by atoms with Gasteiger partial charge in [0.05, 0.1) is 22.3 Å². The van der Waals surface area contributed by atoms with E-state index < -0.39 is 0 Å². The molecule has 0 spiro atoms. The monoisotopic (exact) mass is 287 g/mol. The van der Waals surface area contributed by atoms with Gasteiger partial charge in [-0.15, -0.1) is 0 Å². The van der Waals surface area contributed by atoms with Crippen LogP contribution in [0.5, 0.6) is 5.75 Å². The summed E-state index contributed by atoms with van der Waals surface area (Å²) < 4.78 is 2.01. The molecule has 0 aliphatic heterocycles. The Morgan fingerprint density at radius 1 is 1.30 bits per heavy atom. The summed E-state index contributed by atoms with van der Waals surface area (Å²) in [5.41, 5.74) is 8.51. The first-order chi connectivity index (χ1) is 9.61. The molecular weight excluding hydrogens is 274 g/mol. The standard InChI is InChI=1S/C15H14ClN3O/c1-2-19-13-8-9(16)6-7-12(13)18-15(19)10-4-3-5-11(17)14(10)20/h3-8,20H,2,17H2,1H3. The Labute approximate surface area is 121 Å². The fraction of sp³-hybridized carbons (Fsp3) is 0.133. The minimum absolute atomic E-state index is 0.0589. The molecular formula is C15H14ClN3O. The minimum Gasteiger partial charge on any atom is -0.505 e. The van der Waals surface area contributed by atoms with Crippen LogP contribution < -0.4 is 5.73 Å². The lowest BCUT2D eigenvalue weighted by Crippen LogP contribution is -1.98. The summed E-state index contributed by atoms with van der Waals surface area (Å²) in [5.74, 6) is 0.748. The number of imidazole rings is 1. The van der Waals surface area contributed by atoms with E-state index >= 15 is 0 Å². The molecule has 20 heavy (non-hydrogen) atoms. The Balaban J connectivity index is 2.33. The van der Waals surface area contributed by atoms with Crippen molar-refractivity contribution in [3.8, 4) is 17.1 Å².